The fourth-order valence-corrected chi connectivity index (χ4v) is 2.21. The number of hydrogen-bond acceptors (Lipinski definition) is 4. The first-order valence-corrected chi connectivity index (χ1v) is 7.36. The van der Waals surface area contributed by atoms with E-state index in [1.165, 1.54) is 5.56 Å². The average molecular weight is 307 g/mol. The van der Waals surface area contributed by atoms with Crippen LogP contribution in [0, 0.1) is 13.8 Å². The van der Waals surface area contributed by atoms with E-state index in [1.807, 2.05) is 50.2 Å². The Hall–Kier alpha value is -2.95. The molecule has 5 heteroatoms. The molecule has 0 radical (unpaired) electrons. The van der Waals surface area contributed by atoms with Crippen LogP contribution in [0.1, 0.15) is 32.9 Å². The third-order valence-electron chi connectivity index (χ3n) is 3.44. The number of nitrogens with one attached hydrogen (secondary N) is 1. The molecular weight excluding hydrogens is 290 g/mol. The van der Waals surface area contributed by atoms with Crippen molar-refractivity contribution >= 4 is 11.9 Å². The van der Waals surface area contributed by atoms with Gasteiger partial charge < -0.3 is 4.42 Å². The van der Waals surface area contributed by atoms with Gasteiger partial charge in [0.25, 0.3) is 5.91 Å². The Kier molecular flexibility index (Phi) is 4.19. The second-order valence-electron chi connectivity index (χ2n) is 5.49. The first-order valence-electron chi connectivity index (χ1n) is 7.36. The summed E-state index contributed by atoms with van der Waals surface area (Å²) in [6, 6.07) is 15.5. The average Bonchev–Trinajstić information content (AvgIpc) is 2.96. The summed E-state index contributed by atoms with van der Waals surface area (Å²) >= 11 is 0. The van der Waals surface area contributed by atoms with Gasteiger partial charge in [-0.1, -0.05) is 52.6 Å². The van der Waals surface area contributed by atoms with Crippen molar-refractivity contribution in [2.75, 3.05) is 5.32 Å². The number of hydrogen-bond donors (Lipinski definition) is 1. The van der Waals surface area contributed by atoms with Gasteiger partial charge in [-0.05, 0) is 31.5 Å². The highest BCUT2D eigenvalue weighted by molar-refractivity contribution is 6.03. The van der Waals surface area contributed by atoms with Crippen molar-refractivity contribution in [2.45, 2.75) is 20.3 Å². The van der Waals surface area contributed by atoms with Gasteiger partial charge in [-0.15, -0.1) is 5.10 Å². The molecule has 0 unspecified atom stereocenters. The van der Waals surface area contributed by atoms with Crippen molar-refractivity contribution in [3.63, 3.8) is 0 Å². The second-order valence-corrected chi connectivity index (χ2v) is 5.49. The molecule has 23 heavy (non-hydrogen) atoms. The summed E-state index contributed by atoms with van der Waals surface area (Å²) in [5.41, 5.74) is 3.85. The van der Waals surface area contributed by atoms with Crippen LogP contribution in [0.2, 0.25) is 0 Å². The first kappa shape index (κ1) is 15.0. The minimum atomic E-state index is -0.265. The number of amides is 1. The third-order valence-corrected chi connectivity index (χ3v) is 3.44. The Labute approximate surface area is 134 Å². The Morgan fingerprint density at radius 3 is 2.57 bits per heavy atom. The van der Waals surface area contributed by atoms with Gasteiger partial charge >= 0.3 is 6.01 Å². The number of rotatable bonds is 4. The Morgan fingerprint density at radius 2 is 1.83 bits per heavy atom. The van der Waals surface area contributed by atoms with Crippen LogP contribution in [0.5, 0.6) is 0 Å². The summed E-state index contributed by atoms with van der Waals surface area (Å²) in [4.78, 5) is 12.1. The molecule has 0 bridgehead atoms. The topological polar surface area (TPSA) is 68.0 Å². The molecule has 0 aliphatic heterocycles. The van der Waals surface area contributed by atoms with Gasteiger partial charge in [0.15, 0.2) is 0 Å². The van der Waals surface area contributed by atoms with E-state index in [4.69, 9.17) is 4.42 Å². The van der Waals surface area contributed by atoms with E-state index < -0.39 is 0 Å². The minimum absolute atomic E-state index is 0.110. The lowest BCUT2D eigenvalue weighted by Gasteiger charge is -2.01. The monoisotopic (exact) mass is 307 g/mol. The third kappa shape index (κ3) is 3.83. The molecule has 0 fully saturated rings. The van der Waals surface area contributed by atoms with Gasteiger partial charge in [0, 0.05) is 5.56 Å². The van der Waals surface area contributed by atoms with E-state index in [9.17, 15) is 4.79 Å². The Bertz CT molecular complexity index is 822. The first-order chi connectivity index (χ1) is 11.1. The Morgan fingerprint density at radius 1 is 1.04 bits per heavy atom. The maximum atomic E-state index is 12.1. The minimum Gasteiger partial charge on any atom is -0.407 e. The lowest BCUT2D eigenvalue weighted by atomic mass is 10.1. The molecule has 0 aliphatic carbocycles. The molecule has 1 amide bonds. The van der Waals surface area contributed by atoms with Crippen LogP contribution in [0.4, 0.5) is 6.01 Å². The molecule has 1 N–H and O–H groups in total. The van der Waals surface area contributed by atoms with Gasteiger partial charge in [-0.25, -0.2) is 0 Å². The zero-order chi connectivity index (χ0) is 16.2. The van der Waals surface area contributed by atoms with Crippen LogP contribution in [0.25, 0.3) is 0 Å². The van der Waals surface area contributed by atoms with Crippen molar-refractivity contribution < 1.29 is 9.21 Å². The van der Waals surface area contributed by atoms with E-state index in [1.54, 1.807) is 12.1 Å². The number of carbonyl (C=O) groups is 1. The van der Waals surface area contributed by atoms with Crippen LogP contribution in [-0.2, 0) is 6.42 Å². The van der Waals surface area contributed by atoms with E-state index in [0.717, 1.165) is 11.1 Å². The molecule has 1 aromatic heterocycles. The normalized spacial score (nSPS) is 10.5. The van der Waals surface area contributed by atoms with E-state index in [0.29, 0.717) is 17.9 Å². The van der Waals surface area contributed by atoms with Crippen molar-refractivity contribution in [3.05, 3.63) is 76.7 Å². The number of anilines is 1. The van der Waals surface area contributed by atoms with E-state index in [2.05, 4.69) is 15.5 Å². The number of nitrogens with zero attached hydrogens (tertiary/aromatic N) is 2. The molecule has 2 aromatic carbocycles. The molecule has 0 atom stereocenters. The van der Waals surface area contributed by atoms with Gasteiger partial charge in [0.1, 0.15) is 0 Å². The van der Waals surface area contributed by atoms with Crippen LogP contribution < -0.4 is 5.32 Å². The summed E-state index contributed by atoms with van der Waals surface area (Å²) < 4.78 is 5.49. The molecule has 5 nitrogen and oxygen atoms in total. The predicted molar refractivity (Wildman–Crippen MR) is 87.4 cm³/mol. The molecule has 0 aliphatic rings. The zero-order valence-electron chi connectivity index (χ0n) is 13.0. The number of carbonyl (C=O) groups excluding carboxylic acids is 1. The molecule has 3 aromatic rings. The molecule has 1 heterocycles. The smallest absolute Gasteiger partial charge is 0.322 e. The molecule has 0 saturated carbocycles. The molecule has 0 spiro atoms. The lowest BCUT2D eigenvalue weighted by Crippen LogP contribution is -2.12. The van der Waals surface area contributed by atoms with Crippen molar-refractivity contribution in [2.24, 2.45) is 0 Å². The number of benzene rings is 2. The van der Waals surface area contributed by atoms with Crippen molar-refractivity contribution in [1.82, 2.24) is 10.2 Å². The highest BCUT2D eigenvalue weighted by Crippen LogP contribution is 2.13. The maximum Gasteiger partial charge on any atom is 0.322 e. The summed E-state index contributed by atoms with van der Waals surface area (Å²) in [6.07, 6.45) is 0.535. The largest absolute Gasteiger partial charge is 0.407 e. The quantitative estimate of drug-likeness (QED) is 0.800. The summed E-state index contributed by atoms with van der Waals surface area (Å²) in [7, 11) is 0. The highest BCUT2D eigenvalue weighted by Gasteiger charge is 2.12. The zero-order valence-corrected chi connectivity index (χ0v) is 13.0. The summed E-state index contributed by atoms with van der Waals surface area (Å²) in [5.74, 6) is 0.202. The van der Waals surface area contributed by atoms with Gasteiger partial charge in [0.05, 0.1) is 6.42 Å². The van der Waals surface area contributed by atoms with Gasteiger partial charge in [-0.2, -0.15) is 0 Å². The standard InChI is InChI=1S/C18H17N3O2/c1-12-6-8-14(9-7-12)11-16-20-21-18(23-16)19-17(22)15-5-3-4-13(2)10-15/h3-10H,11H2,1-2H3,(H,19,21,22). The maximum absolute atomic E-state index is 12.1. The second kappa shape index (κ2) is 6.44. The Balaban J connectivity index is 1.67. The SMILES string of the molecule is Cc1ccc(Cc2nnc(NC(=O)c3cccc(C)c3)o2)cc1. The summed E-state index contributed by atoms with van der Waals surface area (Å²) in [6.45, 7) is 3.97. The molecule has 3 rings (SSSR count). The number of aromatic nitrogens is 2. The van der Waals surface area contributed by atoms with Crippen LogP contribution in [-0.4, -0.2) is 16.1 Å². The van der Waals surface area contributed by atoms with Crippen molar-refractivity contribution in [3.8, 4) is 0 Å². The van der Waals surface area contributed by atoms with E-state index >= 15 is 0 Å². The van der Waals surface area contributed by atoms with Gasteiger partial charge in [0.2, 0.25) is 5.89 Å². The predicted octanol–water partition coefficient (Wildman–Crippen LogP) is 3.53. The number of aryl methyl sites for hydroxylation is 2. The molecular formula is C18H17N3O2. The molecule has 116 valence electrons. The molecule has 0 saturated heterocycles. The van der Waals surface area contributed by atoms with Gasteiger partial charge in [-0.3, -0.25) is 10.1 Å². The van der Waals surface area contributed by atoms with Crippen LogP contribution >= 0.6 is 0 Å². The fourth-order valence-electron chi connectivity index (χ4n) is 2.21. The summed E-state index contributed by atoms with van der Waals surface area (Å²) in [5, 5.41) is 10.5. The van der Waals surface area contributed by atoms with Crippen molar-refractivity contribution in [1.29, 1.82) is 0 Å². The van der Waals surface area contributed by atoms with Crippen LogP contribution in [0.3, 0.4) is 0 Å². The van der Waals surface area contributed by atoms with E-state index in [-0.39, 0.29) is 11.9 Å². The lowest BCUT2D eigenvalue weighted by molar-refractivity contribution is 0.102. The van der Waals surface area contributed by atoms with Crippen LogP contribution in [0.15, 0.2) is 52.9 Å². The fraction of sp³-hybridized carbons (Fsp3) is 0.167. The highest BCUT2D eigenvalue weighted by atomic mass is 16.4.